The second-order valence-electron chi connectivity index (χ2n) is 4.41. The molecule has 0 aliphatic carbocycles. The van der Waals surface area contributed by atoms with Gasteiger partial charge < -0.3 is 5.11 Å². The van der Waals surface area contributed by atoms with Crippen LogP contribution in [0.2, 0.25) is 0 Å². The monoisotopic (exact) mass is 215 g/mol. The van der Waals surface area contributed by atoms with Crippen molar-refractivity contribution < 1.29 is 9.90 Å². The summed E-state index contributed by atoms with van der Waals surface area (Å²) in [4.78, 5) is 11.3. The minimum atomic E-state index is -0.747. The predicted octanol–water partition coefficient (Wildman–Crippen LogP) is 2.65. The van der Waals surface area contributed by atoms with Gasteiger partial charge >= 0.3 is 5.97 Å². The minimum absolute atomic E-state index is 0.242. The van der Waals surface area contributed by atoms with Gasteiger partial charge in [0.2, 0.25) is 0 Å². The Morgan fingerprint density at radius 3 is 2.00 bits per heavy atom. The van der Waals surface area contributed by atoms with Crippen molar-refractivity contribution in [2.75, 3.05) is 0 Å². The molecule has 0 heterocycles. The van der Waals surface area contributed by atoms with Crippen LogP contribution in [0.1, 0.15) is 53.9 Å². The molecule has 0 fully saturated rings. The average Bonchev–Trinajstić information content (AvgIpc) is 2.24. The fourth-order valence-corrected chi connectivity index (χ4v) is 1.75. The minimum Gasteiger partial charge on any atom is -0.480 e. The molecule has 0 spiro atoms. The van der Waals surface area contributed by atoms with Gasteiger partial charge in [0, 0.05) is 6.04 Å². The summed E-state index contributed by atoms with van der Waals surface area (Å²) in [6.45, 7) is 10.2. The van der Waals surface area contributed by atoms with Gasteiger partial charge in [0.05, 0.1) is 0 Å². The quantitative estimate of drug-likeness (QED) is 0.686. The third-order valence-electron chi connectivity index (χ3n) is 3.62. The number of hydrogen-bond donors (Lipinski definition) is 2. The molecule has 0 aromatic carbocycles. The van der Waals surface area contributed by atoms with Crippen LogP contribution in [0.4, 0.5) is 0 Å². The van der Waals surface area contributed by atoms with Crippen LogP contribution in [0, 0.1) is 5.92 Å². The van der Waals surface area contributed by atoms with Gasteiger partial charge in [-0.3, -0.25) is 10.1 Å². The first-order chi connectivity index (χ1) is 6.93. The van der Waals surface area contributed by atoms with Gasteiger partial charge in [-0.15, -0.1) is 0 Å². The smallest absolute Gasteiger partial charge is 0.323 e. The van der Waals surface area contributed by atoms with E-state index in [4.69, 9.17) is 0 Å². The lowest BCUT2D eigenvalue weighted by atomic mass is 9.89. The Morgan fingerprint density at radius 2 is 1.73 bits per heavy atom. The van der Waals surface area contributed by atoms with Crippen molar-refractivity contribution in [1.82, 2.24) is 5.32 Å². The first-order valence-corrected chi connectivity index (χ1v) is 5.94. The second kappa shape index (κ2) is 6.11. The van der Waals surface area contributed by atoms with Crippen molar-refractivity contribution >= 4 is 5.97 Å². The van der Waals surface area contributed by atoms with Crippen molar-refractivity contribution in [1.29, 1.82) is 0 Å². The molecule has 2 N–H and O–H groups in total. The van der Waals surface area contributed by atoms with Crippen molar-refractivity contribution in [3.05, 3.63) is 0 Å². The van der Waals surface area contributed by atoms with E-state index < -0.39 is 11.5 Å². The van der Waals surface area contributed by atoms with E-state index in [9.17, 15) is 9.90 Å². The SMILES string of the molecule is CCC(C)C(C)NC(CC)(CC)C(=O)O. The molecule has 3 heteroatoms. The van der Waals surface area contributed by atoms with Crippen LogP contribution in [-0.4, -0.2) is 22.7 Å². The number of carboxylic acids is 1. The number of nitrogens with one attached hydrogen (secondary N) is 1. The molecule has 0 aliphatic heterocycles. The van der Waals surface area contributed by atoms with Crippen molar-refractivity contribution in [2.24, 2.45) is 5.92 Å². The Labute approximate surface area is 93.3 Å². The van der Waals surface area contributed by atoms with Gasteiger partial charge in [-0.25, -0.2) is 0 Å². The lowest BCUT2D eigenvalue weighted by molar-refractivity contribution is -0.145. The number of carboxylic acid groups (broad SMARTS) is 1. The molecule has 0 aliphatic rings. The van der Waals surface area contributed by atoms with Crippen molar-refractivity contribution in [3.8, 4) is 0 Å². The Morgan fingerprint density at radius 1 is 1.27 bits per heavy atom. The van der Waals surface area contributed by atoms with Crippen LogP contribution in [0.15, 0.2) is 0 Å². The number of carbonyl (C=O) groups is 1. The maximum Gasteiger partial charge on any atom is 0.323 e. The van der Waals surface area contributed by atoms with E-state index >= 15 is 0 Å². The van der Waals surface area contributed by atoms with Gasteiger partial charge in [0.1, 0.15) is 5.54 Å². The molecule has 0 aromatic rings. The van der Waals surface area contributed by atoms with Crippen LogP contribution in [0.5, 0.6) is 0 Å². The van der Waals surface area contributed by atoms with E-state index in [1.54, 1.807) is 0 Å². The summed E-state index contributed by atoms with van der Waals surface area (Å²) in [7, 11) is 0. The predicted molar refractivity (Wildman–Crippen MR) is 63.0 cm³/mol. The van der Waals surface area contributed by atoms with Gasteiger partial charge in [-0.1, -0.05) is 34.1 Å². The van der Waals surface area contributed by atoms with Crippen LogP contribution < -0.4 is 5.32 Å². The zero-order valence-corrected chi connectivity index (χ0v) is 10.6. The summed E-state index contributed by atoms with van der Waals surface area (Å²) in [6, 6.07) is 0.242. The molecule has 0 rings (SSSR count). The summed E-state index contributed by atoms with van der Waals surface area (Å²) < 4.78 is 0. The lowest BCUT2D eigenvalue weighted by Crippen LogP contribution is -2.55. The first kappa shape index (κ1) is 14.4. The molecular formula is C12H25NO2. The molecule has 3 nitrogen and oxygen atoms in total. The fourth-order valence-electron chi connectivity index (χ4n) is 1.75. The lowest BCUT2D eigenvalue weighted by Gasteiger charge is -2.34. The van der Waals surface area contributed by atoms with Crippen LogP contribution in [0.25, 0.3) is 0 Å². The molecular weight excluding hydrogens is 190 g/mol. The topological polar surface area (TPSA) is 49.3 Å². The van der Waals surface area contributed by atoms with Crippen LogP contribution in [0.3, 0.4) is 0 Å². The Kier molecular flexibility index (Phi) is 5.88. The molecule has 90 valence electrons. The summed E-state index contributed by atoms with van der Waals surface area (Å²) in [5, 5.41) is 12.5. The summed E-state index contributed by atoms with van der Waals surface area (Å²) in [5.41, 5.74) is -0.747. The maximum absolute atomic E-state index is 11.3. The standard InChI is InChI=1S/C12H25NO2/c1-6-9(4)10(5)13-12(7-2,8-3)11(14)15/h9-10,13H,6-8H2,1-5H3,(H,14,15). The van der Waals surface area contributed by atoms with Crippen LogP contribution >= 0.6 is 0 Å². The Bertz CT molecular complexity index is 200. The Balaban J connectivity index is 4.60. The molecule has 0 saturated heterocycles. The third-order valence-corrected chi connectivity index (χ3v) is 3.62. The molecule has 2 atom stereocenters. The summed E-state index contributed by atoms with van der Waals surface area (Å²) >= 11 is 0. The average molecular weight is 215 g/mol. The van der Waals surface area contributed by atoms with Crippen molar-refractivity contribution in [3.63, 3.8) is 0 Å². The molecule has 0 aromatic heterocycles. The molecule has 0 saturated carbocycles. The van der Waals surface area contributed by atoms with Gasteiger partial charge in [-0.2, -0.15) is 0 Å². The highest BCUT2D eigenvalue weighted by atomic mass is 16.4. The highest BCUT2D eigenvalue weighted by molar-refractivity contribution is 5.78. The zero-order valence-electron chi connectivity index (χ0n) is 10.6. The molecule has 15 heavy (non-hydrogen) atoms. The number of hydrogen-bond acceptors (Lipinski definition) is 2. The van der Waals surface area contributed by atoms with E-state index in [0.717, 1.165) is 6.42 Å². The Hall–Kier alpha value is -0.570. The molecule has 0 amide bonds. The molecule has 0 bridgehead atoms. The van der Waals surface area contributed by atoms with Gasteiger partial charge in [0.25, 0.3) is 0 Å². The third kappa shape index (κ3) is 3.49. The van der Waals surface area contributed by atoms with E-state index in [-0.39, 0.29) is 6.04 Å². The maximum atomic E-state index is 11.3. The number of rotatable bonds is 7. The largest absolute Gasteiger partial charge is 0.480 e. The first-order valence-electron chi connectivity index (χ1n) is 5.94. The van der Waals surface area contributed by atoms with E-state index in [2.05, 4.69) is 26.1 Å². The molecule has 0 radical (unpaired) electrons. The van der Waals surface area contributed by atoms with E-state index in [0.29, 0.717) is 18.8 Å². The fraction of sp³-hybridized carbons (Fsp3) is 0.917. The number of aliphatic carboxylic acids is 1. The highest BCUT2D eigenvalue weighted by Crippen LogP contribution is 2.19. The summed E-state index contributed by atoms with van der Waals surface area (Å²) in [6.07, 6.45) is 2.32. The zero-order chi connectivity index (χ0) is 12.1. The van der Waals surface area contributed by atoms with Crippen LogP contribution in [-0.2, 0) is 4.79 Å². The van der Waals surface area contributed by atoms with E-state index in [1.165, 1.54) is 0 Å². The van der Waals surface area contributed by atoms with Gasteiger partial charge in [-0.05, 0) is 25.7 Å². The van der Waals surface area contributed by atoms with Crippen molar-refractivity contribution in [2.45, 2.75) is 65.5 Å². The highest BCUT2D eigenvalue weighted by Gasteiger charge is 2.36. The second-order valence-corrected chi connectivity index (χ2v) is 4.41. The normalized spacial score (nSPS) is 16.1. The van der Waals surface area contributed by atoms with Gasteiger partial charge in [0.15, 0.2) is 0 Å². The molecule has 2 unspecified atom stereocenters. The van der Waals surface area contributed by atoms with E-state index in [1.807, 2.05) is 13.8 Å². The summed E-state index contributed by atoms with van der Waals surface area (Å²) in [5.74, 6) is -0.232.